The van der Waals surface area contributed by atoms with E-state index in [0.29, 0.717) is 17.1 Å². The third kappa shape index (κ3) is 5.11. The highest BCUT2D eigenvalue weighted by Gasteiger charge is 2.60. The summed E-state index contributed by atoms with van der Waals surface area (Å²) < 4.78 is 0. The van der Waals surface area contributed by atoms with E-state index in [9.17, 15) is 5.11 Å². The summed E-state index contributed by atoms with van der Waals surface area (Å²) in [6.45, 7) is 6.49. The maximum absolute atomic E-state index is 13.2. The molecule has 2 spiro atoms. The first kappa shape index (κ1) is 37.7. The molecular weight excluding hydrogens is 783 g/mol. The van der Waals surface area contributed by atoms with Gasteiger partial charge in [0, 0.05) is 22.9 Å². The van der Waals surface area contributed by atoms with E-state index in [1.54, 1.807) is 6.20 Å². The number of hydrogen-bond acceptors (Lipinski definition) is 6. The van der Waals surface area contributed by atoms with E-state index in [-0.39, 0.29) is 11.8 Å². The molecule has 0 saturated heterocycles. The topological polar surface area (TPSA) is 81.9 Å². The molecule has 7 aromatic rings. The highest BCUT2D eigenvalue weighted by Crippen LogP contribution is 2.69. The second-order valence-corrected chi connectivity index (χ2v) is 16.8. The van der Waals surface area contributed by atoms with Crippen LogP contribution < -0.4 is 10.6 Å². The molecule has 0 radical (unpaired) electrons. The van der Waals surface area contributed by atoms with Gasteiger partial charge in [0.1, 0.15) is 29.5 Å². The van der Waals surface area contributed by atoms with Crippen molar-refractivity contribution in [1.29, 1.82) is 0 Å². The number of dihydropyridines is 1. The lowest BCUT2D eigenvalue weighted by molar-refractivity contribution is 0.458. The van der Waals surface area contributed by atoms with E-state index in [2.05, 4.69) is 145 Å². The molecule has 306 valence electrons. The Hall–Kier alpha value is -8.09. The Labute approximate surface area is 372 Å². The average molecular weight is 826 g/mol. The third-order valence-corrected chi connectivity index (χ3v) is 13.7. The van der Waals surface area contributed by atoms with Gasteiger partial charge < -0.3 is 15.7 Å². The zero-order valence-corrected chi connectivity index (χ0v) is 35.2. The van der Waals surface area contributed by atoms with Crippen molar-refractivity contribution in [3.8, 4) is 28.0 Å². The summed E-state index contributed by atoms with van der Waals surface area (Å²) >= 11 is 0. The molecule has 12 rings (SSSR count). The van der Waals surface area contributed by atoms with Gasteiger partial charge in [0.25, 0.3) is 0 Å². The van der Waals surface area contributed by atoms with E-state index >= 15 is 0 Å². The summed E-state index contributed by atoms with van der Waals surface area (Å²) in [4.78, 5) is 15.3. The van der Waals surface area contributed by atoms with Gasteiger partial charge >= 0.3 is 0 Å². The molecular formula is C58H43N5O. The van der Waals surface area contributed by atoms with Gasteiger partial charge in [-0.2, -0.15) is 0 Å². The molecule has 2 atom stereocenters. The Bertz CT molecular complexity index is 3200. The Balaban J connectivity index is 1.20. The maximum Gasteiger partial charge on any atom is 0.177 e. The number of phenolic OH excluding ortho intramolecular Hbond substituents is 1. The lowest BCUT2D eigenvalue weighted by Crippen LogP contribution is -2.47. The van der Waals surface area contributed by atoms with E-state index in [1.807, 2.05) is 73.8 Å². The van der Waals surface area contributed by atoms with Crippen molar-refractivity contribution >= 4 is 17.2 Å². The van der Waals surface area contributed by atoms with E-state index < -0.39 is 17.0 Å². The highest BCUT2D eigenvalue weighted by atomic mass is 16.3. The number of hydrogen-bond donors (Lipinski definition) is 3. The number of phenols is 1. The molecule has 3 N–H and O–H groups in total. The number of fused-ring (bicyclic) bond motifs is 16. The summed E-state index contributed by atoms with van der Waals surface area (Å²) in [5, 5.41) is 20.5. The van der Waals surface area contributed by atoms with Crippen molar-refractivity contribution < 1.29 is 5.11 Å². The van der Waals surface area contributed by atoms with Gasteiger partial charge in [0.15, 0.2) is 5.84 Å². The molecule has 6 nitrogen and oxygen atoms in total. The fourth-order valence-electron chi connectivity index (χ4n) is 11.3. The van der Waals surface area contributed by atoms with Gasteiger partial charge in [-0.1, -0.05) is 176 Å². The lowest BCUT2D eigenvalue weighted by atomic mass is 9.52. The van der Waals surface area contributed by atoms with E-state index in [0.717, 1.165) is 50.4 Å². The molecule has 5 aliphatic rings. The number of benzene rings is 6. The number of aliphatic imine (C=N–C) groups is 2. The molecule has 64 heavy (non-hydrogen) atoms. The summed E-state index contributed by atoms with van der Waals surface area (Å²) in [6.07, 6.45) is 17.2. The van der Waals surface area contributed by atoms with Crippen LogP contribution in [-0.2, 0) is 10.8 Å². The number of nitrogens with zero attached hydrogens (tertiary/aromatic N) is 3. The Kier molecular flexibility index (Phi) is 8.53. The minimum Gasteiger partial charge on any atom is -0.507 e. The van der Waals surface area contributed by atoms with Gasteiger partial charge in [-0.3, -0.25) is 4.98 Å². The molecule has 0 saturated carbocycles. The van der Waals surface area contributed by atoms with Crippen LogP contribution >= 0.6 is 0 Å². The summed E-state index contributed by atoms with van der Waals surface area (Å²) in [5.74, 6) is 1.49. The standard InChI is InChI=1S/C58H43N5O/c1-3-4-5-19-36(2)37-32-33-41-40-22-18-23-42(54-61-55(49-30-14-16-34-59-49)63-56(62-54)50-31-15-17-35-60-50)51(40)58(52(41)53(37)64)47-28-12-10-26-45(47)57(46-27-11-13-29-48(46)58)43-24-8-6-20-38(43)39-21-7-9-25-44(39)57/h3-35,49,54,59,64H,2H2,1H3,(H,61,62,63)/b4-3-,19-5-. The van der Waals surface area contributed by atoms with Crippen LogP contribution in [0.25, 0.3) is 27.8 Å². The van der Waals surface area contributed by atoms with Crippen LogP contribution in [0, 0.1) is 0 Å². The van der Waals surface area contributed by atoms with Gasteiger partial charge in [-0.15, -0.1) is 0 Å². The molecule has 0 amide bonds. The third-order valence-electron chi connectivity index (χ3n) is 13.7. The fraction of sp³-hybridized carbons (Fsp3) is 0.0862. The Morgan fingerprint density at radius 3 is 1.91 bits per heavy atom. The molecule has 2 aliphatic heterocycles. The first-order valence-corrected chi connectivity index (χ1v) is 21.9. The molecule has 6 heteroatoms. The van der Waals surface area contributed by atoms with Crippen LogP contribution in [-0.4, -0.2) is 27.8 Å². The van der Waals surface area contributed by atoms with Crippen molar-refractivity contribution in [2.24, 2.45) is 9.98 Å². The predicted molar refractivity (Wildman–Crippen MR) is 259 cm³/mol. The number of amidine groups is 2. The van der Waals surface area contributed by atoms with Crippen molar-refractivity contribution in [1.82, 2.24) is 15.6 Å². The Morgan fingerprint density at radius 1 is 0.641 bits per heavy atom. The largest absolute Gasteiger partial charge is 0.507 e. The van der Waals surface area contributed by atoms with Gasteiger partial charge in [-0.05, 0) is 98.1 Å². The lowest BCUT2D eigenvalue weighted by Gasteiger charge is -2.49. The zero-order chi connectivity index (χ0) is 43.0. The van der Waals surface area contributed by atoms with Crippen LogP contribution in [0.4, 0.5) is 0 Å². The van der Waals surface area contributed by atoms with Crippen LogP contribution in [0.1, 0.15) is 74.4 Å². The smallest absolute Gasteiger partial charge is 0.177 e. The first-order chi connectivity index (χ1) is 31.6. The van der Waals surface area contributed by atoms with E-state index in [1.165, 1.54) is 33.4 Å². The van der Waals surface area contributed by atoms with Crippen LogP contribution in [0.15, 0.2) is 217 Å². The first-order valence-electron chi connectivity index (χ1n) is 21.9. The zero-order valence-electron chi connectivity index (χ0n) is 35.2. The minimum atomic E-state index is -1.01. The predicted octanol–water partition coefficient (Wildman–Crippen LogP) is 11.5. The number of allylic oxidation sites excluding steroid dienone is 7. The number of aromatic nitrogens is 1. The summed E-state index contributed by atoms with van der Waals surface area (Å²) in [6, 6.07) is 52.0. The van der Waals surface area contributed by atoms with Crippen LogP contribution in [0.3, 0.4) is 0 Å². The van der Waals surface area contributed by atoms with Crippen LogP contribution in [0.2, 0.25) is 0 Å². The molecule has 0 fully saturated rings. The monoisotopic (exact) mass is 825 g/mol. The number of pyridine rings is 1. The van der Waals surface area contributed by atoms with Gasteiger partial charge in [0.2, 0.25) is 0 Å². The summed E-state index contributed by atoms with van der Waals surface area (Å²) in [5.41, 5.74) is 14.9. The van der Waals surface area contributed by atoms with E-state index in [4.69, 9.17) is 15.0 Å². The highest BCUT2D eigenvalue weighted by molar-refractivity contribution is 6.09. The summed E-state index contributed by atoms with van der Waals surface area (Å²) in [7, 11) is 0. The number of aromatic hydroxyl groups is 1. The van der Waals surface area contributed by atoms with Crippen LogP contribution in [0.5, 0.6) is 5.75 Å². The molecule has 1 aromatic heterocycles. The quantitative estimate of drug-likeness (QED) is 0.146. The van der Waals surface area contributed by atoms with Gasteiger partial charge in [0.05, 0.1) is 10.8 Å². The second-order valence-electron chi connectivity index (χ2n) is 16.8. The van der Waals surface area contributed by atoms with Crippen molar-refractivity contribution in [3.05, 3.63) is 268 Å². The molecule has 3 heterocycles. The maximum atomic E-state index is 13.2. The van der Waals surface area contributed by atoms with Crippen molar-refractivity contribution in [3.63, 3.8) is 0 Å². The second kappa shape index (κ2) is 14.5. The molecule has 6 aromatic carbocycles. The average Bonchev–Trinajstić information content (AvgIpc) is 3.83. The minimum absolute atomic E-state index is 0.211. The molecule has 3 aliphatic carbocycles. The SMILES string of the molecule is C=C(/C=C\C=C/C)c1ccc2c(c1O)C1(c3ccccc3C3(c4ccccc4-c4ccccc43)c3ccccc31)c1c-2cccc1C1N=C(c2ccccn2)N=C(C2C=CC=CN2)N1. The normalized spacial score (nSPS) is 18.6. The van der Waals surface area contributed by atoms with Gasteiger partial charge in [-0.25, -0.2) is 9.98 Å². The van der Waals surface area contributed by atoms with Crippen molar-refractivity contribution in [2.45, 2.75) is 30.0 Å². The van der Waals surface area contributed by atoms with Crippen molar-refractivity contribution in [2.75, 3.05) is 0 Å². The Morgan fingerprint density at radius 2 is 1.27 bits per heavy atom. The number of nitrogens with one attached hydrogen (secondary N) is 2. The fourth-order valence-corrected chi connectivity index (χ4v) is 11.3. The molecule has 2 unspecified atom stereocenters. The number of rotatable bonds is 6. The molecule has 0 bridgehead atoms.